The molecule has 0 saturated heterocycles. The standard InChI is InChI=1S/C14H22N2/c1-5-6-11(2)12(3)16-13(4)14-7-9-15-10-8-14/h5,7-13,16H,1,6H2,2-4H3. The molecule has 3 unspecified atom stereocenters. The van der Waals surface area contributed by atoms with E-state index in [4.69, 9.17) is 0 Å². The zero-order chi connectivity index (χ0) is 12.0. The molecule has 2 heteroatoms. The van der Waals surface area contributed by atoms with E-state index in [1.165, 1.54) is 5.56 Å². The summed E-state index contributed by atoms with van der Waals surface area (Å²) in [5.74, 6) is 0.613. The van der Waals surface area contributed by atoms with Crippen LogP contribution in [-0.4, -0.2) is 11.0 Å². The second-order valence-corrected chi connectivity index (χ2v) is 4.46. The summed E-state index contributed by atoms with van der Waals surface area (Å²) in [5, 5.41) is 3.61. The molecule has 3 atom stereocenters. The Morgan fingerprint density at radius 1 is 1.31 bits per heavy atom. The number of hydrogen-bond acceptors (Lipinski definition) is 2. The topological polar surface area (TPSA) is 24.9 Å². The lowest BCUT2D eigenvalue weighted by Gasteiger charge is -2.24. The zero-order valence-corrected chi connectivity index (χ0v) is 10.5. The molecule has 0 saturated carbocycles. The molecule has 0 aromatic carbocycles. The minimum Gasteiger partial charge on any atom is -0.307 e. The number of pyridine rings is 1. The Bertz CT molecular complexity index is 308. The maximum absolute atomic E-state index is 4.03. The minimum absolute atomic E-state index is 0.366. The molecule has 0 bridgehead atoms. The third-order valence-corrected chi connectivity index (χ3v) is 3.11. The Labute approximate surface area is 98.8 Å². The summed E-state index contributed by atoms with van der Waals surface area (Å²) in [6.07, 6.45) is 6.72. The summed E-state index contributed by atoms with van der Waals surface area (Å²) in [6.45, 7) is 10.4. The zero-order valence-electron chi connectivity index (χ0n) is 10.5. The van der Waals surface area contributed by atoms with Crippen molar-refractivity contribution in [2.45, 2.75) is 39.3 Å². The number of rotatable bonds is 6. The number of nitrogens with one attached hydrogen (secondary N) is 1. The van der Waals surface area contributed by atoms with Crippen molar-refractivity contribution in [3.63, 3.8) is 0 Å². The molecular weight excluding hydrogens is 196 g/mol. The molecule has 2 nitrogen and oxygen atoms in total. The van der Waals surface area contributed by atoms with E-state index in [0.29, 0.717) is 18.0 Å². The van der Waals surface area contributed by atoms with E-state index in [2.05, 4.69) is 49.8 Å². The van der Waals surface area contributed by atoms with E-state index in [1.54, 1.807) is 0 Å². The smallest absolute Gasteiger partial charge is 0.0295 e. The summed E-state index contributed by atoms with van der Waals surface area (Å²) in [4.78, 5) is 4.03. The quantitative estimate of drug-likeness (QED) is 0.741. The van der Waals surface area contributed by atoms with Gasteiger partial charge in [0.05, 0.1) is 0 Å². The van der Waals surface area contributed by atoms with Crippen molar-refractivity contribution in [2.24, 2.45) is 5.92 Å². The number of aromatic nitrogens is 1. The molecule has 0 aliphatic carbocycles. The average molecular weight is 218 g/mol. The lowest BCUT2D eigenvalue weighted by molar-refractivity contribution is 0.370. The summed E-state index contributed by atoms with van der Waals surface area (Å²) in [5.41, 5.74) is 1.28. The van der Waals surface area contributed by atoms with E-state index in [0.717, 1.165) is 6.42 Å². The first-order chi connectivity index (χ1) is 7.65. The van der Waals surface area contributed by atoms with Crippen molar-refractivity contribution in [2.75, 3.05) is 0 Å². The highest BCUT2D eigenvalue weighted by molar-refractivity contribution is 5.14. The fourth-order valence-corrected chi connectivity index (χ4v) is 1.77. The van der Waals surface area contributed by atoms with Gasteiger partial charge in [0.2, 0.25) is 0 Å². The van der Waals surface area contributed by atoms with Crippen LogP contribution in [0.15, 0.2) is 37.2 Å². The largest absolute Gasteiger partial charge is 0.307 e. The predicted octanol–water partition coefficient (Wildman–Crippen LogP) is 3.33. The van der Waals surface area contributed by atoms with Crippen LogP contribution in [0.5, 0.6) is 0 Å². The lowest BCUT2D eigenvalue weighted by Crippen LogP contribution is -2.34. The van der Waals surface area contributed by atoms with Gasteiger partial charge in [-0.05, 0) is 43.9 Å². The van der Waals surface area contributed by atoms with Crippen molar-refractivity contribution in [1.82, 2.24) is 10.3 Å². The van der Waals surface area contributed by atoms with Gasteiger partial charge in [0.15, 0.2) is 0 Å². The van der Waals surface area contributed by atoms with Crippen LogP contribution < -0.4 is 5.32 Å². The van der Waals surface area contributed by atoms with Crippen LogP contribution in [-0.2, 0) is 0 Å². The normalized spacial score (nSPS) is 16.4. The molecule has 0 radical (unpaired) electrons. The van der Waals surface area contributed by atoms with Gasteiger partial charge in [-0.15, -0.1) is 6.58 Å². The summed E-state index contributed by atoms with van der Waals surface area (Å²) < 4.78 is 0. The molecule has 1 rings (SSSR count). The van der Waals surface area contributed by atoms with E-state index in [-0.39, 0.29) is 0 Å². The Balaban J connectivity index is 2.51. The van der Waals surface area contributed by atoms with Crippen LogP contribution in [0.1, 0.15) is 38.8 Å². The Kier molecular flexibility index (Phi) is 5.20. The fraction of sp³-hybridized carbons (Fsp3) is 0.500. The molecule has 1 heterocycles. The molecule has 0 aliphatic heterocycles. The van der Waals surface area contributed by atoms with Gasteiger partial charge in [-0.3, -0.25) is 4.98 Å². The van der Waals surface area contributed by atoms with Crippen LogP contribution >= 0.6 is 0 Å². The molecule has 0 fully saturated rings. The van der Waals surface area contributed by atoms with Crippen LogP contribution in [0.25, 0.3) is 0 Å². The molecule has 88 valence electrons. The van der Waals surface area contributed by atoms with Gasteiger partial charge in [0.1, 0.15) is 0 Å². The Hall–Kier alpha value is -1.15. The van der Waals surface area contributed by atoms with Crippen LogP contribution in [0.2, 0.25) is 0 Å². The molecular formula is C14H22N2. The van der Waals surface area contributed by atoms with E-state index >= 15 is 0 Å². The minimum atomic E-state index is 0.366. The molecule has 16 heavy (non-hydrogen) atoms. The van der Waals surface area contributed by atoms with Crippen molar-refractivity contribution in [1.29, 1.82) is 0 Å². The average Bonchev–Trinajstić information content (AvgIpc) is 2.30. The van der Waals surface area contributed by atoms with Crippen LogP contribution in [0.3, 0.4) is 0 Å². The van der Waals surface area contributed by atoms with Crippen molar-refractivity contribution in [3.05, 3.63) is 42.7 Å². The molecule has 1 N–H and O–H groups in total. The van der Waals surface area contributed by atoms with Gasteiger partial charge in [-0.2, -0.15) is 0 Å². The third kappa shape index (κ3) is 3.78. The summed E-state index contributed by atoms with van der Waals surface area (Å²) >= 11 is 0. The number of hydrogen-bond donors (Lipinski definition) is 1. The SMILES string of the molecule is C=CCC(C)C(C)NC(C)c1ccncc1. The van der Waals surface area contributed by atoms with E-state index < -0.39 is 0 Å². The maximum atomic E-state index is 4.03. The second-order valence-electron chi connectivity index (χ2n) is 4.46. The lowest BCUT2D eigenvalue weighted by atomic mass is 9.98. The molecule has 0 amide bonds. The maximum Gasteiger partial charge on any atom is 0.0295 e. The van der Waals surface area contributed by atoms with Gasteiger partial charge in [-0.1, -0.05) is 13.0 Å². The first kappa shape index (κ1) is 12.9. The summed E-state index contributed by atoms with van der Waals surface area (Å²) in [7, 11) is 0. The first-order valence-corrected chi connectivity index (χ1v) is 5.92. The van der Waals surface area contributed by atoms with Gasteiger partial charge in [0, 0.05) is 24.5 Å². The third-order valence-electron chi connectivity index (χ3n) is 3.11. The molecule has 1 aromatic rings. The van der Waals surface area contributed by atoms with Crippen molar-refractivity contribution >= 4 is 0 Å². The van der Waals surface area contributed by atoms with Crippen LogP contribution in [0.4, 0.5) is 0 Å². The van der Waals surface area contributed by atoms with Crippen molar-refractivity contribution in [3.8, 4) is 0 Å². The van der Waals surface area contributed by atoms with Gasteiger partial charge < -0.3 is 5.32 Å². The second kappa shape index (κ2) is 6.44. The van der Waals surface area contributed by atoms with E-state index in [9.17, 15) is 0 Å². The predicted molar refractivity (Wildman–Crippen MR) is 69.2 cm³/mol. The highest BCUT2D eigenvalue weighted by Gasteiger charge is 2.14. The van der Waals surface area contributed by atoms with Gasteiger partial charge in [0.25, 0.3) is 0 Å². The Morgan fingerprint density at radius 3 is 2.50 bits per heavy atom. The highest BCUT2D eigenvalue weighted by Crippen LogP contribution is 2.15. The monoisotopic (exact) mass is 218 g/mol. The highest BCUT2D eigenvalue weighted by atomic mass is 14.9. The molecule has 0 aliphatic rings. The van der Waals surface area contributed by atoms with Crippen LogP contribution in [0, 0.1) is 5.92 Å². The summed E-state index contributed by atoms with van der Waals surface area (Å²) in [6, 6.07) is 4.97. The molecule has 0 spiro atoms. The Morgan fingerprint density at radius 2 is 1.94 bits per heavy atom. The fourth-order valence-electron chi connectivity index (χ4n) is 1.77. The van der Waals surface area contributed by atoms with Crippen molar-refractivity contribution < 1.29 is 0 Å². The van der Waals surface area contributed by atoms with Gasteiger partial charge in [-0.25, -0.2) is 0 Å². The number of nitrogens with zero attached hydrogens (tertiary/aromatic N) is 1. The molecule has 1 aromatic heterocycles. The van der Waals surface area contributed by atoms with E-state index in [1.807, 2.05) is 18.5 Å². The van der Waals surface area contributed by atoms with Gasteiger partial charge >= 0.3 is 0 Å². The first-order valence-electron chi connectivity index (χ1n) is 5.92. The number of allylic oxidation sites excluding steroid dienone is 1.